The van der Waals surface area contributed by atoms with Crippen molar-refractivity contribution in [1.29, 1.82) is 0 Å². The number of fused-ring (bicyclic) bond motifs is 1. The summed E-state index contributed by atoms with van der Waals surface area (Å²) in [6.07, 6.45) is 5.59. The summed E-state index contributed by atoms with van der Waals surface area (Å²) in [6.45, 7) is 3.31. The zero-order chi connectivity index (χ0) is 12.4. The number of rotatable bonds is 4. The second-order valence-electron chi connectivity index (χ2n) is 5.47. The van der Waals surface area contributed by atoms with Gasteiger partial charge in [-0.15, -0.1) is 0 Å². The first-order chi connectivity index (χ1) is 8.83. The van der Waals surface area contributed by atoms with Gasteiger partial charge in [0.15, 0.2) is 0 Å². The molecular weight excluding hydrogens is 222 g/mol. The zero-order valence-electron chi connectivity index (χ0n) is 11.0. The topological polar surface area (TPSA) is 25.2 Å². The standard InChI is InChI=1S/C16H21NO/c1-12(17-11-13-6-2-3-7-13)16-10-14-8-4-5-9-15(14)18-16/h4-5,8-10,12-13,17H,2-3,6-7,11H2,1H3. The molecule has 1 saturated carbocycles. The highest BCUT2D eigenvalue weighted by Crippen LogP contribution is 2.26. The molecule has 1 fully saturated rings. The predicted molar refractivity (Wildman–Crippen MR) is 74.6 cm³/mol. The van der Waals surface area contributed by atoms with Crippen LogP contribution in [0.2, 0.25) is 0 Å². The van der Waals surface area contributed by atoms with Gasteiger partial charge in [0.25, 0.3) is 0 Å². The molecule has 0 aliphatic heterocycles. The SMILES string of the molecule is CC(NCC1CCCC1)c1cc2ccccc2o1. The first-order valence-electron chi connectivity index (χ1n) is 7.05. The Kier molecular flexibility index (Phi) is 3.37. The summed E-state index contributed by atoms with van der Waals surface area (Å²) >= 11 is 0. The molecule has 1 aromatic heterocycles. The van der Waals surface area contributed by atoms with Crippen LogP contribution in [0.3, 0.4) is 0 Å². The summed E-state index contributed by atoms with van der Waals surface area (Å²) in [5, 5.41) is 4.80. The van der Waals surface area contributed by atoms with Crippen molar-refractivity contribution in [1.82, 2.24) is 5.32 Å². The van der Waals surface area contributed by atoms with Crippen LogP contribution in [0.1, 0.15) is 44.4 Å². The Labute approximate surface area is 108 Å². The van der Waals surface area contributed by atoms with Crippen LogP contribution in [0, 0.1) is 5.92 Å². The molecule has 2 heteroatoms. The average Bonchev–Trinajstić information content (AvgIpc) is 3.04. The molecule has 0 spiro atoms. The highest BCUT2D eigenvalue weighted by Gasteiger charge is 2.17. The zero-order valence-corrected chi connectivity index (χ0v) is 11.0. The van der Waals surface area contributed by atoms with E-state index in [1.165, 1.54) is 31.1 Å². The minimum atomic E-state index is 0.304. The van der Waals surface area contributed by atoms with Gasteiger partial charge in [-0.2, -0.15) is 0 Å². The normalized spacial score (nSPS) is 18.5. The summed E-state index contributed by atoms with van der Waals surface area (Å²) in [4.78, 5) is 0. The molecule has 0 saturated heterocycles. The Balaban J connectivity index is 1.65. The maximum atomic E-state index is 5.88. The summed E-state index contributed by atoms with van der Waals surface area (Å²) in [5.74, 6) is 1.92. The van der Waals surface area contributed by atoms with E-state index in [2.05, 4.69) is 30.4 Å². The Bertz CT molecular complexity index is 478. The van der Waals surface area contributed by atoms with Gasteiger partial charge in [-0.05, 0) is 44.4 Å². The predicted octanol–water partition coefficient (Wildman–Crippen LogP) is 4.27. The van der Waals surface area contributed by atoms with Gasteiger partial charge in [0.1, 0.15) is 11.3 Å². The van der Waals surface area contributed by atoms with E-state index in [1.54, 1.807) is 0 Å². The lowest BCUT2D eigenvalue weighted by molar-refractivity contribution is 0.407. The van der Waals surface area contributed by atoms with Gasteiger partial charge in [-0.25, -0.2) is 0 Å². The molecule has 96 valence electrons. The van der Waals surface area contributed by atoms with Gasteiger partial charge in [0, 0.05) is 5.39 Å². The molecule has 2 nitrogen and oxygen atoms in total. The molecule has 18 heavy (non-hydrogen) atoms. The minimum absolute atomic E-state index is 0.304. The number of benzene rings is 1. The molecule has 1 aromatic carbocycles. The molecule has 1 atom stereocenters. The number of furan rings is 1. The van der Waals surface area contributed by atoms with Crippen LogP contribution in [0.5, 0.6) is 0 Å². The highest BCUT2D eigenvalue weighted by molar-refractivity contribution is 5.77. The van der Waals surface area contributed by atoms with Crippen molar-refractivity contribution in [3.8, 4) is 0 Å². The number of hydrogen-bond donors (Lipinski definition) is 1. The van der Waals surface area contributed by atoms with E-state index in [4.69, 9.17) is 4.42 Å². The first-order valence-corrected chi connectivity index (χ1v) is 7.05. The quantitative estimate of drug-likeness (QED) is 0.867. The Morgan fingerprint density at radius 3 is 2.83 bits per heavy atom. The molecule has 1 unspecified atom stereocenters. The van der Waals surface area contributed by atoms with E-state index >= 15 is 0 Å². The fraction of sp³-hybridized carbons (Fsp3) is 0.500. The summed E-state index contributed by atoms with van der Waals surface area (Å²) in [6, 6.07) is 10.7. The Morgan fingerprint density at radius 1 is 1.28 bits per heavy atom. The largest absolute Gasteiger partial charge is 0.459 e. The molecule has 0 radical (unpaired) electrons. The van der Waals surface area contributed by atoms with Crippen LogP contribution >= 0.6 is 0 Å². The summed E-state index contributed by atoms with van der Waals surface area (Å²) < 4.78 is 5.88. The van der Waals surface area contributed by atoms with E-state index in [0.717, 1.165) is 23.8 Å². The Morgan fingerprint density at radius 2 is 2.06 bits per heavy atom. The van der Waals surface area contributed by atoms with E-state index in [0.29, 0.717) is 6.04 Å². The van der Waals surface area contributed by atoms with Gasteiger partial charge in [-0.1, -0.05) is 31.0 Å². The third-order valence-corrected chi connectivity index (χ3v) is 4.06. The second-order valence-corrected chi connectivity index (χ2v) is 5.47. The van der Waals surface area contributed by atoms with Gasteiger partial charge >= 0.3 is 0 Å². The molecule has 3 rings (SSSR count). The fourth-order valence-corrected chi connectivity index (χ4v) is 2.87. The number of nitrogens with one attached hydrogen (secondary N) is 1. The smallest absolute Gasteiger partial charge is 0.134 e. The van der Waals surface area contributed by atoms with Crippen molar-refractivity contribution in [3.05, 3.63) is 36.1 Å². The van der Waals surface area contributed by atoms with Crippen LogP contribution in [0.4, 0.5) is 0 Å². The molecule has 1 aliphatic rings. The highest BCUT2D eigenvalue weighted by atomic mass is 16.3. The van der Waals surface area contributed by atoms with Crippen LogP contribution in [0.15, 0.2) is 34.7 Å². The van der Waals surface area contributed by atoms with Gasteiger partial charge in [0.05, 0.1) is 6.04 Å². The first kappa shape index (κ1) is 11.8. The summed E-state index contributed by atoms with van der Waals surface area (Å²) in [7, 11) is 0. The van der Waals surface area contributed by atoms with Gasteiger partial charge < -0.3 is 9.73 Å². The van der Waals surface area contributed by atoms with Crippen LogP contribution in [0.25, 0.3) is 11.0 Å². The lowest BCUT2D eigenvalue weighted by Gasteiger charge is -2.15. The Hall–Kier alpha value is -1.28. The molecule has 2 aromatic rings. The van der Waals surface area contributed by atoms with Crippen LogP contribution in [-0.2, 0) is 0 Å². The molecule has 1 N–H and O–H groups in total. The van der Waals surface area contributed by atoms with Gasteiger partial charge in [-0.3, -0.25) is 0 Å². The van der Waals surface area contributed by atoms with Crippen molar-refractivity contribution in [2.45, 2.75) is 38.6 Å². The number of para-hydroxylation sites is 1. The van der Waals surface area contributed by atoms with E-state index in [-0.39, 0.29) is 0 Å². The summed E-state index contributed by atoms with van der Waals surface area (Å²) in [5.41, 5.74) is 0.988. The van der Waals surface area contributed by atoms with E-state index < -0.39 is 0 Å². The maximum Gasteiger partial charge on any atom is 0.134 e. The molecule has 0 bridgehead atoms. The molecule has 1 heterocycles. The van der Waals surface area contributed by atoms with Crippen molar-refractivity contribution in [2.75, 3.05) is 6.54 Å². The average molecular weight is 243 g/mol. The van der Waals surface area contributed by atoms with Crippen LogP contribution in [-0.4, -0.2) is 6.54 Å². The molecular formula is C16H21NO. The monoisotopic (exact) mass is 243 g/mol. The van der Waals surface area contributed by atoms with E-state index in [9.17, 15) is 0 Å². The second kappa shape index (κ2) is 5.15. The third-order valence-electron chi connectivity index (χ3n) is 4.06. The van der Waals surface area contributed by atoms with Crippen molar-refractivity contribution < 1.29 is 4.42 Å². The maximum absolute atomic E-state index is 5.88. The fourth-order valence-electron chi connectivity index (χ4n) is 2.87. The van der Waals surface area contributed by atoms with Gasteiger partial charge in [0.2, 0.25) is 0 Å². The van der Waals surface area contributed by atoms with Crippen LogP contribution < -0.4 is 5.32 Å². The van der Waals surface area contributed by atoms with Crippen molar-refractivity contribution >= 4 is 11.0 Å². The molecule has 1 aliphatic carbocycles. The van der Waals surface area contributed by atoms with E-state index in [1.807, 2.05) is 12.1 Å². The molecule has 0 amide bonds. The van der Waals surface area contributed by atoms with Crippen molar-refractivity contribution in [2.24, 2.45) is 5.92 Å². The minimum Gasteiger partial charge on any atom is -0.459 e. The third kappa shape index (κ3) is 2.44. The number of hydrogen-bond acceptors (Lipinski definition) is 2. The van der Waals surface area contributed by atoms with Crippen molar-refractivity contribution in [3.63, 3.8) is 0 Å². The lowest BCUT2D eigenvalue weighted by atomic mass is 10.1. The lowest BCUT2D eigenvalue weighted by Crippen LogP contribution is -2.24.